The van der Waals surface area contributed by atoms with Gasteiger partial charge in [-0.05, 0) is 97.1 Å². The van der Waals surface area contributed by atoms with Crippen molar-refractivity contribution in [2.75, 3.05) is 7.11 Å². The van der Waals surface area contributed by atoms with Crippen LogP contribution in [0.15, 0.2) is 47.6 Å². The number of carbonyl (C=O) groups is 2. The highest BCUT2D eigenvalue weighted by atomic mass is 16.5. The van der Waals surface area contributed by atoms with Crippen molar-refractivity contribution in [1.82, 2.24) is 0 Å². The van der Waals surface area contributed by atoms with Gasteiger partial charge in [-0.25, -0.2) is 0 Å². The molecule has 0 saturated carbocycles. The van der Waals surface area contributed by atoms with Crippen LogP contribution in [0.4, 0.5) is 0 Å². The minimum atomic E-state index is -1.52. The van der Waals surface area contributed by atoms with Crippen molar-refractivity contribution in [3.63, 3.8) is 0 Å². The van der Waals surface area contributed by atoms with Gasteiger partial charge in [0.2, 0.25) is 0 Å². The second-order valence-electron chi connectivity index (χ2n) is 9.82. The number of aromatic hydroxyl groups is 1. The minimum absolute atomic E-state index is 0.0127. The maximum absolute atomic E-state index is 12.4. The van der Waals surface area contributed by atoms with Gasteiger partial charge in [-0.2, -0.15) is 0 Å². The minimum Gasteiger partial charge on any atom is -0.508 e. The van der Waals surface area contributed by atoms with E-state index in [1.807, 2.05) is 26.8 Å². The Kier molecular flexibility index (Phi) is 10.9. The molecule has 0 bridgehead atoms. The third kappa shape index (κ3) is 10.5. The summed E-state index contributed by atoms with van der Waals surface area (Å²) in [4.78, 5) is 24.6. The number of hydrogen-bond acceptors (Lipinski definition) is 6. The van der Waals surface area contributed by atoms with Gasteiger partial charge >= 0.3 is 0 Å². The van der Waals surface area contributed by atoms with Crippen LogP contribution in [0, 0.1) is 6.92 Å². The molecule has 0 aliphatic heterocycles. The number of aryl methyl sites for hydroxylation is 1. The quantitative estimate of drug-likeness (QED) is 0.278. The van der Waals surface area contributed by atoms with Crippen LogP contribution in [-0.2, 0) is 16.0 Å². The third-order valence-electron chi connectivity index (χ3n) is 5.48. The molecule has 0 aliphatic rings. The van der Waals surface area contributed by atoms with Crippen LogP contribution < -0.4 is 4.74 Å². The van der Waals surface area contributed by atoms with E-state index in [0.29, 0.717) is 19.3 Å². The second kappa shape index (κ2) is 12.7. The molecule has 0 unspecified atom stereocenters. The highest BCUT2D eigenvalue weighted by molar-refractivity contribution is 5.96. The number of allylic oxidation sites excluding steroid dienone is 4. The fourth-order valence-electron chi connectivity index (χ4n) is 3.59. The van der Waals surface area contributed by atoms with Gasteiger partial charge in [-0.1, -0.05) is 23.3 Å². The van der Waals surface area contributed by atoms with E-state index in [9.17, 15) is 24.9 Å². The monoisotopic (exact) mass is 472 g/mol. The van der Waals surface area contributed by atoms with Gasteiger partial charge < -0.3 is 20.1 Å². The summed E-state index contributed by atoms with van der Waals surface area (Å²) in [6.45, 7) is 10.2. The maximum Gasteiger partial charge on any atom is 0.186 e. The summed E-state index contributed by atoms with van der Waals surface area (Å²) in [6.07, 6.45) is 8.38. The first-order chi connectivity index (χ1) is 15.6. The molecule has 6 heteroatoms. The van der Waals surface area contributed by atoms with Crippen molar-refractivity contribution < 1.29 is 29.6 Å². The fourth-order valence-corrected chi connectivity index (χ4v) is 3.59. The average molecular weight is 473 g/mol. The highest BCUT2D eigenvalue weighted by Crippen LogP contribution is 2.29. The molecule has 3 N–H and O–H groups in total. The number of carbonyl (C=O) groups excluding carboxylic acids is 2. The zero-order valence-electron chi connectivity index (χ0n) is 21.6. The van der Waals surface area contributed by atoms with Crippen molar-refractivity contribution in [2.24, 2.45) is 0 Å². The number of ether oxygens (including phenoxy) is 1. The number of hydrogen-bond donors (Lipinski definition) is 3. The van der Waals surface area contributed by atoms with Gasteiger partial charge in [0.1, 0.15) is 17.1 Å². The number of phenolic OH excluding ortho intramolecular Hbond substituents is 1. The van der Waals surface area contributed by atoms with Crippen LogP contribution in [0.2, 0.25) is 0 Å². The van der Waals surface area contributed by atoms with E-state index in [2.05, 4.69) is 0 Å². The Balaban J connectivity index is 2.62. The number of aliphatic hydroxyl groups is 2. The zero-order chi connectivity index (χ0) is 26.1. The zero-order valence-corrected chi connectivity index (χ0v) is 21.6. The molecule has 0 fully saturated rings. The van der Waals surface area contributed by atoms with E-state index in [1.54, 1.807) is 39.2 Å². The molecule has 188 valence electrons. The average Bonchev–Trinajstić information content (AvgIpc) is 2.69. The molecule has 1 aromatic carbocycles. The van der Waals surface area contributed by atoms with E-state index < -0.39 is 17.0 Å². The Hall–Kier alpha value is -2.70. The first-order valence-corrected chi connectivity index (χ1v) is 11.5. The van der Waals surface area contributed by atoms with Crippen molar-refractivity contribution in [2.45, 2.75) is 84.8 Å². The number of methoxy groups -OCH3 is 1. The molecule has 1 rings (SSSR count). The largest absolute Gasteiger partial charge is 0.508 e. The van der Waals surface area contributed by atoms with Gasteiger partial charge in [-0.15, -0.1) is 0 Å². The van der Waals surface area contributed by atoms with E-state index >= 15 is 0 Å². The molecule has 0 spiro atoms. The van der Waals surface area contributed by atoms with Crippen LogP contribution in [-0.4, -0.2) is 45.2 Å². The van der Waals surface area contributed by atoms with Crippen molar-refractivity contribution in [1.29, 1.82) is 0 Å². The van der Waals surface area contributed by atoms with Gasteiger partial charge in [0, 0.05) is 12.0 Å². The van der Waals surface area contributed by atoms with Crippen LogP contribution >= 0.6 is 0 Å². The molecule has 0 radical (unpaired) electrons. The summed E-state index contributed by atoms with van der Waals surface area (Å²) in [6, 6.07) is 3.32. The molecular weight excluding hydrogens is 432 g/mol. The van der Waals surface area contributed by atoms with E-state index in [1.165, 1.54) is 19.1 Å². The number of phenols is 1. The normalized spacial score (nSPS) is 14.9. The summed E-state index contributed by atoms with van der Waals surface area (Å²) in [5.74, 6) is 0.449. The standard InChI is InChI=1S/C28H40O6/c1-19(9-8-13-28(6,33)25(31)12-14-27(4,5)32)15-23(29)16-20(2)10-11-22-18-24(30)17-21(3)26(22)34-7/h10,12,14-15,17-18,30,32-33H,8-9,11,13,16H2,1-7H3/b14-12+,19-15-,20-10+/t28-/m0/s1. The summed E-state index contributed by atoms with van der Waals surface area (Å²) < 4.78 is 5.43. The van der Waals surface area contributed by atoms with Gasteiger partial charge in [-0.3, -0.25) is 9.59 Å². The molecule has 0 heterocycles. The number of ketones is 2. The van der Waals surface area contributed by atoms with Crippen LogP contribution in [0.3, 0.4) is 0 Å². The van der Waals surface area contributed by atoms with Crippen LogP contribution in [0.1, 0.15) is 71.4 Å². The molecule has 1 atom stereocenters. The summed E-state index contributed by atoms with van der Waals surface area (Å²) in [5.41, 5.74) is 0.884. The summed E-state index contributed by atoms with van der Waals surface area (Å²) in [5, 5.41) is 30.0. The number of benzene rings is 1. The lowest BCUT2D eigenvalue weighted by atomic mass is 9.91. The molecule has 0 amide bonds. The molecular formula is C28H40O6. The first kappa shape index (κ1) is 29.3. The van der Waals surface area contributed by atoms with Crippen LogP contribution in [0.25, 0.3) is 0 Å². The van der Waals surface area contributed by atoms with Crippen molar-refractivity contribution >= 4 is 11.6 Å². The van der Waals surface area contributed by atoms with E-state index in [4.69, 9.17) is 4.74 Å². The topological polar surface area (TPSA) is 104 Å². The SMILES string of the molecule is COc1c(C)cc(O)cc1C/C=C(\C)CC(=O)/C=C(/C)CCC[C@](C)(O)C(=O)/C=C/C(C)(C)O. The van der Waals surface area contributed by atoms with Gasteiger partial charge in [0.05, 0.1) is 12.7 Å². The van der Waals surface area contributed by atoms with Gasteiger partial charge in [0.15, 0.2) is 11.6 Å². The van der Waals surface area contributed by atoms with E-state index in [-0.39, 0.29) is 24.4 Å². The Morgan fingerprint density at radius 2 is 1.74 bits per heavy atom. The van der Waals surface area contributed by atoms with Crippen LogP contribution in [0.5, 0.6) is 11.5 Å². The Morgan fingerprint density at radius 3 is 2.32 bits per heavy atom. The highest BCUT2D eigenvalue weighted by Gasteiger charge is 2.27. The summed E-state index contributed by atoms with van der Waals surface area (Å²) >= 11 is 0. The van der Waals surface area contributed by atoms with Gasteiger partial charge in [0.25, 0.3) is 0 Å². The maximum atomic E-state index is 12.4. The molecule has 0 saturated heterocycles. The lowest BCUT2D eigenvalue weighted by molar-refractivity contribution is -0.131. The Labute approximate surface area is 203 Å². The predicted molar refractivity (Wildman–Crippen MR) is 135 cm³/mol. The second-order valence-corrected chi connectivity index (χ2v) is 9.82. The molecule has 0 aromatic heterocycles. The molecule has 0 aliphatic carbocycles. The molecule has 6 nitrogen and oxygen atoms in total. The number of rotatable bonds is 13. The lowest BCUT2D eigenvalue weighted by Gasteiger charge is -2.20. The van der Waals surface area contributed by atoms with E-state index in [0.717, 1.165) is 28.0 Å². The molecule has 34 heavy (non-hydrogen) atoms. The first-order valence-electron chi connectivity index (χ1n) is 11.5. The lowest BCUT2D eigenvalue weighted by Crippen LogP contribution is -2.34. The third-order valence-corrected chi connectivity index (χ3v) is 5.48. The fraction of sp³-hybridized carbons (Fsp3) is 0.500. The van der Waals surface area contributed by atoms with Crippen molar-refractivity contribution in [3.05, 3.63) is 58.7 Å². The Bertz CT molecular complexity index is 958. The summed E-state index contributed by atoms with van der Waals surface area (Å²) in [7, 11) is 1.60. The molecule has 1 aromatic rings. The van der Waals surface area contributed by atoms with Crippen molar-refractivity contribution in [3.8, 4) is 11.5 Å². The smallest absolute Gasteiger partial charge is 0.186 e. The Morgan fingerprint density at radius 1 is 1.09 bits per heavy atom. The predicted octanol–water partition coefficient (Wildman–Crippen LogP) is 4.92.